The number of methoxy groups -OCH3 is 1. The van der Waals surface area contributed by atoms with Gasteiger partial charge in [-0.05, 0) is 49.0 Å². The number of amides is 3. The Kier molecular flexibility index (Phi) is 5.99. The predicted octanol–water partition coefficient (Wildman–Crippen LogP) is 4.82. The minimum atomic E-state index is -0.504. The minimum absolute atomic E-state index is 0.287. The molecule has 0 atom stereocenters. The third-order valence-corrected chi connectivity index (χ3v) is 6.54. The highest BCUT2D eigenvalue weighted by Crippen LogP contribution is 2.35. The van der Waals surface area contributed by atoms with Crippen LogP contribution in [0.4, 0.5) is 10.5 Å². The number of nitrogens with zero attached hydrogens (tertiary/aromatic N) is 2. The fraction of sp³-hybridized carbons (Fsp3) is 0.174. The molecular formula is C23H20ClN3O4S. The number of halogens is 1. The van der Waals surface area contributed by atoms with E-state index in [0.29, 0.717) is 16.5 Å². The highest BCUT2D eigenvalue weighted by atomic mass is 35.5. The van der Waals surface area contributed by atoms with Gasteiger partial charge in [-0.3, -0.25) is 19.3 Å². The van der Waals surface area contributed by atoms with Gasteiger partial charge in [0.1, 0.15) is 12.3 Å². The average molecular weight is 470 g/mol. The molecule has 1 fully saturated rings. The van der Waals surface area contributed by atoms with Crippen molar-refractivity contribution in [2.45, 2.75) is 6.92 Å². The smallest absolute Gasteiger partial charge is 0.294 e. The van der Waals surface area contributed by atoms with Crippen LogP contribution in [0.3, 0.4) is 0 Å². The monoisotopic (exact) mass is 469 g/mol. The van der Waals surface area contributed by atoms with E-state index in [1.54, 1.807) is 18.2 Å². The van der Waals surface area contributed by atoms with Gasteiger partial charge in [-0.25, -0.2) is 0 Å². The number of thioether (sulfide) groups is 1. The first-order chi connectivity index (χ1) is 15.3. The van der Waals surface area contributed by atoms with Gasteiger partial charge in [0.25, 0.3) is 11.1 Å². The Morgan fingerprint density at radius 3 is 2.69 bits per heavy atom. The van der Waals surface area contributed by atoms with Gasteiger partial charge in [0.05, 0.1) is 17.0 Å². The minimum Gasteiger partial charge on any atom is -0.495 e. The van der Waals surface area contributed by atoms with Crippen molar-refractivity contribution < 1.29 is 19.1 Å². The Hall–Kier alpha value is -3.23. The van der Waals surface area contributed by atoms with E-state index >= 15 is 0 Å². The maximum absolute atomic E-state index is 12.9. The molecule has 0 radical (unpaired) electrons. The van der Waals surface area contributed by atoms with E-state index in [1.165, 1.54) is 13.2 Å². The van der Waals surface area contributed by atoms with Gasteiger partial charge in [-0.1, -0.05) is 29.8 Å². The summed E-state index contributed by atoms with van der Waals surface area (Å²) in [4.78, 5) is 39.0. The van der Waals surface area contributed by atoms with Crippen molar-refractivity contribution in [1.29, 1.82) is 0 Å². The van der Waals surface area contributed by atoms with Crippen molar-refractivity contribution in [3.63, 3.8) is 0 Å². The number of imide groups is 1. The lowest BCUT2D eigenvalue weighted by Gasteiger charge is -2.13. The summed E-state index contributed by atoms with van der Waals surface area (Å²) in [6.45, 7) is 1.57. The van der Waals surface area contributed by atoms with Crippen LogP contribution in [-0.4, -0.2) is 40.2 Å². The van der Waals surface area contributed by atoms with Crippen LogP contribution >= 0.6 is 23.4 Å². The molecule has 2 heterocycles. The molecule has 32 heavy (non-hydrogen) atoms. The van der Waals surface area contributed by atoms with E-state index in [4.69, 9.17) is 16.3 Å². The number of hydrogen-bond acceptors (Lipinski definition) is 5. The second-order valence-electron chi connectivity index (χ2n) is 7.24. The molecule has 1 aliphatic heterocycles. The van der Waals surface area contributed by atoms with Crippen LogP contribution in [0.15, 0.2) is 47.4 Å². The fourth-order valence-corrected chi connectivity index (χ4v) is 4.67. The zero-order valence-corrected chi connectivity index (χ0v) is 19.2. The number of rotatable bonds is 5. The topological polar surface area (TPSA) is 80.6 Å². The number of para-hydroxylation sites is 1. The number of carbonyl (C=O) groups is 3. The normalized spacial score (nSPS) is 15.1. The summed E-state index contributed by atoms with van der Waals surface area (Å²) in [6.07, 6.45) is 1.73. The van der Waals surface area contributed by atoms with Gasteiger partial charge in [0, 0.05) is 34.9 Å². The Labute approximate surface area is 194 Å². The molecule has 3 aromatic rings. The summed E-state index contributed by atoms with van der Waals surface area (Å²) in [5.74, 6) is -0.518. The first kappa shape index (κ1) is 22.0. The number of aryl methyl sites for hydroxylation is 1. The van der Waals surface area contributed by atoms with Gasteiger partial charge in [-0.2, -0.15) is 0 Å². The van der Waals surface area contributed by atoms with Crippen LogP contribution in [0.2, 0.25) is 5.02 Å². The average Bonchev–Trinajstić information content (AvgIpc) is 3.17. The lowest BCUT2D eigenvalue weighted by molar-refractivity contribution is -0.127. The van der Waals surface area contributed by atoms with Crippen LogP contribution in [0.1, 0.15) is 11.3 Å². The zero-order valence-electron chi connectivity index (χ0n) is 17.6. The van der Waals surface area contributed by atoms with Crippen molar-refractivity contribution in [2.75, 3.05) is 19.0 Å². The maximum Gasteiger partial charge on any atom is 0.294 e. The van der Waals surface area contributed by atoms with Crippen LogP contribution in [0, 0.1) is 6.92 Å². The summed E-state index contributed by atoms with van der Waals surface area (Å²) in [5, 5.41) is 3.49. The maximum atomic E-state index is 12.9. The Balaban J connectivity index is 1.53. The van der Waals surface area contributed by atoms with Gasteiger partial charge >= 0.3 is 0 Å². The summed E-state index contributed by atoms with van der Waals surface area (Å²) in [5.41, 5.74) is 3.33. The van der Waals surface area contributed by atoms with E-state index < -0.39 is 17.1 Å². The molecule has 0 spiro atoms. The van der Waals surface area contributed by atoms with Gasteiger partial charge < -0.3 is 14.6 Å². The highest BCUT2D eigenvalue weighted by Gasteiger charge is 2.36. The standard InChI is InChI=1S/C23H20ClN3O4S/c1-13-16(15-6-4-5-7-18(15)26(13)2)11-20-22(29)27(23(30)32-20)12-21(28)25-14-8-9-19(31-3)17(24)10-14/h4-11H,12H2,1-3H3,(H,25,28)/b20-11-. The fourth-order valence-electron chi connectivity index (χ4n) is 3.59. The molecule has 0 bridgehead atoms. The number of anilines is 1. The van der Waals surface area contributed by atoms with Crippen molar-refractivity contribution in [1.82, 2.24) is 9.47 Å². The van der Waals surface area contributed by atoms with Crippen molar-refractivity contribution in [2.24, 2.45) is 7.05 Å². The highest BCUT2D eigenvalue weighted by molar-refractivity contribution is 8.18. The van der Waals surface area contributed by atoms with E-state index in [-0.39, 0.29) is 11.4 Å². The van der Waals surface area contributed by atoms with E-state index in [9.17, 15) is 14.4 Å². The molecule has 9 heteroatoms. The molecule has 1 aromatic heterocycles. The largest absolute Gasteiger partial charge is 0.495 e. The van der Waals surface area contributed by atoms with Crippen molar-refractivity contribution in [3.05, 3.63) is 63.6 Å². The summed E-state index contributed by atoms with van der Waals surface area (Å²) in [7, 11) is 3.45. The number of ether oxygens (including phenoxy) is 1. The summed E-state index contributed by atoms with van der Waals surface area (Å²) < 4.78 is 7.13. The van der Waals surface area contributed by atoms with E-state index in [1.807, 2.05) is 42.8 Å². The van der Waals surface area contributed by atoms with E-state index in [2.05, 4.69) is 5.32 Å². The Bertz CT molecular complexity index is 1300. The van der Waals surface area contributed by atoms with Crippen molar-refractivity contribution >= 4 is 63.1 Å². The quantitative estimate of drug-likeness (QED) is 0.541. The van der Waals surface area contributed by atoms with Gasteiger partial charge in [-0.15, -0.1) is 0 Å². The first-order valence-corrected chi connectivity index (χ1v) is 10.9. The lowest BCUT2D eigenvalue weighted by Crippen LogP contribution is -2.36. The zero-order chi connectivity index (χ0) is 23.0. The molecule has 1 saturated heterocycles. The molecule has 1 aliphatic rings. The SMILES string of the molecule is COc1ccc(NC(=O)CN2C(=O)S/C(=C\c3c(C)n(C)c4ccccc34)C2=O)cc1Cl. The van der Waals surface area contributed by atoms with Crippen LogP contribution in [0.25, 0.3) is 17.0 Å². The van der Waals surface area contributed by atoms with Crippen LogP contribution < -0.4 is 10.1 Å². The number of hydrogen-bond donors (Lipinski definition) is 1. The predicted molar refractivity (Wildman–Crippen MR) is 127 cm³/mol. The molecule has 0 aliphatic carbocycles. The molecule has 2 aromatic carbocycles. The van der Waals surface area contributed by atoms with E-state index in [0.717, 1.165) is 38.8 Å². The lowest BCUT2D eigenvalue weighted by atomic mass is 10.1. The van der Waals surface area contributed by atoms with Crippen molar-refractivity contribution in [3.8, 4) is 5.75 Å². The van der Waals surface area contributed by atoms with Gasteiger partial charge in [0.15, 0.2) is 0 Å². The third kappa shape index (κ3) is 3.99. The first-order valence-electron chi connectivity index (χ1n) is 9.73. The molecule has 1 N–H and O–H groups in total. The Morgan fingerprint density at radius 2 is 1.97 bits per heavy atom. The number of carbonyl (C=O) groups excluding carboxylic acids is 3. The molecular weight excluding hydrogens is 450 g/mol. The second-order valence-corrected chi connectivity index (χ2v) is 8.64. The molecule has 4 rings (SSSR count). The number of fused-ring (bicyclic) bond motifs is 1. The molecule has 3 amide bonds. The molecule has 0 saturated carbocycles. The Morgan fingerprint density at radius 1 is 1.22 bits per heavy atom. The third-order valence-electron chi connectivity index (χ3n) is 5.33. The summed E-state index contributed by atoms with van der Waals surface area (Å²) >= 11 is 6.90. The molecule has 7 nitrogen and oxygen atoms in total. The van der Waals surface area contributed by atoms with Crippen LogP contribution in [-0.2, 0) is 16.6 Å². The summed E-state index contributed by atoms with van der Waals surface area (Å²) in [6, 6.07) is 12.6. The van der Waals surface area contributed by atoms with Gasteiger partial charge in [0.2, 0.25) is 5.91 Å². The molecule has 164 valence electrons. The molecule has 0 unspecified atom stereocenters. The number of benzene rings is 2. The van der Waals surface area contributed by atoms with Crippen LogP contribution in [0.5, 0.6) is 5.75 Å². The number of aromatic nitrogens is 1. The number of nitrogens with one attached hydrogen (secondary N) is 1. The second kappa shape index (κ2) is 8.72.